The van der Waals surface area contributed by atoms with Gasteiger partial charge in [0.05, 0.1) is 4.92 Å². The third-order valence-electron chi connectivity index (χ3n) is 3.59. The maximum absolute atomic E-state index is 10.4. The minimum absolute atomic E-state index is 0.442. The minimum Gasteiger partial charge on any atom is -0.318 e. The normalized spacial score (nSPS) is 11.2. The standard InChI is InChI=1S/C16H18N2O2/c1-11-5-6-16(9-12(11)2)18-13(3)10-15(14(18)4)7-8-17(19)20/h5-10H,1-4H3/b8-7+. The molecular weight excluding hydrogens is 252 g/mol. The largest absolute Gasteiger partial charge is 0.318 e. The third kappa shape index (κ3) is 2.64. The van der Waals surface area contributed by atoms with Gasteiger partial charge in [0.1, 0.15) is 0 Å². The zero-order chi connectivity index (χ0) is 14.9. The van der Waals surface area contributed by atoms with Gasteiger partial charge in [-0.25, -0.2) is 0 Å². The summed E-state index contributed by atoms with van der Waals surface area (Å²) in [5, 5.41) is 10.4. The van der Waals surface area contributed by atoms with Crippen molar-refractivity contribution in [2.24, 2.45) is 0 Å². The van der Waals surface area contributed by atoms with Crippen LogP contribution in [0.1, 0.15) is 28.1 Å². The van der Waals surface area contributed by atoms with Gasteiger partial charge in [-0.1, -0.05) is 6.07 Å². The summed E-state index contributed by atoms with van der Waals surface area (Å²) in [5.74, 6) is 0. The molecule has 4 nitrogen and oxygen atoms in total. The Balaban J connectivity index is 2.52. The van der Waals surface area contributed by atoms with E-state index in [1.54, 1.807) is 6.08 Å². The van der Waals surface area contributed by atoms with E-state index in [9.17, 15) is 10.1 Å². The number of aromatic nitrogens is 1. The van der Waals surface area contributed by atoms with Crippen molar-refractivity contribution in [3.63, 3.8) is 0 Å². The van der Waals surface area contributed by atoms with Crippen LogP contribution >= 0.6 is 0 Å². The molecule has 0 radical (unpaired) electrons. The van der Waals surface area contributed by atoms with Gasteiger partial charge in [-0.3, -0.25) is 10.1 Å². The van der Waals surface area contributed by atoms with Crippen molar-refractivity contribution in [2.45, 2.75) is 27.7 Å². The number of hydrogen-bond donors (Lipinski definition) is 0. The Morgan fingerprint density at radius 2 is 1.80 bits per heavy atom. The summed E-state index contributed by atoms with van der Waals surface area (Å²) in [6, 6.07) is 8.26. The highest BCUT2D eigenvalue weighted by Gasteiger charge is 2.10. The summed E-state index contributed by atoms with van der Waals surface area (Å²) in [6.45, 7) is 8.15. The van der Waals surface area contributed by atoms with Crippen LogP contribution in [-0.2, 0) is 0 Å². The van der Waals surface area contributed by atoms with E-state index < -0.39 is 4.92 Å². The van der Waals surface area contributed by atoms with Crippen molar-refractivity contribution in [1.82, 2.24) is 4.57 Å². The fraction of sp³-hybridized carbons (Fsp3) is 0.250. The molecule has 0 N–H and O–H groups in total. The van der Waals surface area contributed by atoms with Crippen molar-refractivity contribution in [1.29, 1.82) is 0 Å². The molecule has 0 fully saturated rings. The summed E-state index contributed by atoms with van der Waals surface area (Å²) in [7, 11) is 0. The summed E-state index contributed by atoms with van der Waals surface area (Å²) in [4.78, 5) is 10.00. The molecule has 0 amide bonds. The van der Waals surface area contributed by atoms with Gasteiger partial charge in [0.2, 0.25) is 6.20 Å². The summed E-state index contributed by atoms with van der Waals surface area (Å²) >= 11 is 0. The topological polar surface area (TPSA) is 48.1 Å². The molecule has 4 heteroatoms. The van der Waals surface area contributed by atoms with Crippen LogP contribution in [0.3, 0.4) is 0 Å². The zero-order valence-corrected chi connectivity index (χ0v) is 12.2. The van der Waals surface area contributed by atoms with Crippen LogP contribution in [0.5, 0.6) is 0 Å². The SMILES string of the molecule is Cc1ccc(-n2c(C)cc(/C=C/[N+](=O)[O-])c2C)cc1C. The van der Waals surface area contributed by atoms with Crippen molar-refractivity contribution >= 4 is 6.08 Å². The first-order valence-electron chi connectivity index (χ1n) is 6.48. The summed E-state index contributed by atoms with van der Waals surface area (Å²) in [5.41, 5.74) is 6.51. The number of rotatable bonds is 3. The Hall–Kier alpha value is -2.36. The maximum Gasteiger partial charge on any atom is 0.235 e. The van der Waals surface area contributed by atoms with Crippen LogP contribution in [0.15, 0.2) is 30.5 Å². The fourth-order valence-electron chi connectivity index (χ4n) is 2.36. The molecule has 0 aliphatic rings. The average molecular weight is 270 g/mol. The van der Waals surface area contributed by atoms with Crippen LogP contribution in [0.2, 0.25) is 0 Å². The molecule has 1 aromatic carbocycles. The number of nitro groups is 1. The quantitative estimate of drug-likeness (QED) is 0.626. The van der Waals surface area contributed by atoms with Crippen molar-refractivity contribution in [3.8, 4) is 5.69 Å². The van der Waals surface area contributed by atoms with E-state index in [0.29, 0.717) is 0 Å². The predicted molar refractivity (Wildman–Crippen MR) is 80.7 cm³/mol. The molecule has 0 saturated carbocycles. The van der Waals surface area contributed by atoms with Gasteiger partial charge in [-0.05, 0) is 57.0 Å². The average Bonchev–Trinajstić information content (AvgIpc) is 2.65. The van der Waals surface area contributed by atoms with Crippen LogP contribution in [0, 0.1) is 37.8 Å². The highest BCUT2D eigenvalue weighted by molar-refractivity contribution is 5.56. The molecule has 2 aromatic rings. The molecule has 0 spiro atoms. The monoisotopic (exact) mass is 270 g/mol. The van der Waals surface area contributed by atoms with E-state index in [4.69, 9.17) is 0 Å². The first-order valence-corrected chi connectivity index (χ1v) is 6.48. The minimum atomic E-state index is -0.442. The van der Waals surface area contributed by atoms with Gasteiger partial charge < -0.3 is 4.57 Å². The second-order valence-electron chi connectivity index (χ2n) is 5.03. The van der Waals surface area contributed by atoms with Crippen molar-refractivity contribution < 1.29 is 4.92 Å². The lowest BCUT2D eigenvalue weighted by Crippen LogP contribution is -2.00. The molecule has 20 heavy (non-hydrogen) atoms. The lowest BCUT2D eigenvalue weighted by atomic mass is 10.1. The van der Waals surface area contributed by atoms with Gasteiger partial charge in [0.25, 0.3) is 0 Å². The number of hydrogen-bond acceptors (Lipinski definition) is 2. The molecule has 1 aromatic heterocycles. The van der Waals surface area contributed by atoms with Gasteiger partial charge in [0, 0.05) is 28.7 Å². The fourth-order valence-corrected chi connectivity index (χ4v) is 2.36. The second-order valence-corrected chi connectivity index (χ2v) is 5.03. The number of nitrogens with zero attached hydrogens (tertiary/aromatic N) is 2. The Labute approximate surface area is 118 Å². The first kappa shape index (κ1) is 14.1. The van der Waals surface area contributed by atoms with E-state index in [2.05, 4.69) is 36.6 Å². The van der Waals surface area contributed by atoms with Crippen LogP contribution in [0.25, 0.3) is 11.8 Å². The molecule has 2 rings (SSSR count). The lowest BCUT2D eigenvalue weighted by Gasteiger charge is -2.11. The zero-order valence-electron chi connectivity index (χ0n) is 12.2. The molecule has 0 unspecified atom stereocenters. The van der Waals surface area contributed by atoms with E-state index in [1.165, 1.54) is 11.1 Å². The molecule has 0 atom stereocenters. The maximum atomic E-state index is 10.4. The Kier molecular flexibility index (Phi) is 3.74. The van der Waals surface area contributed by atoms with Crippen molar-refractivity contribution in [2.75, 3.05) is 0 Å². The van der Waals surface area contributed by atoms with E-state index >= 15 is 0 Å². The van der Waals surface area contributed by atoms with Gasteiger partial charge >= 0.3 is 0 Å². The Bertz CT molecular complexity index is 697. The highest BCUT2D eigenvalue weighted by Crippen LogP contribution is 2.23. The van der Waals surface area contributed by atoms with Crippen molar-refractivity contribution in [3.05, 3.63) is 68.7 Å². The molecular formula is C16H18N2O2. The molecule has 104 valence electrons. The lowest BCUT2D eigenvalue weighted by molar-refractivity contribution is -0.400. The molecule has 1 heterocycles. The second kappa shape index (κ2) is 5.33. The highest BCUT2D eigenvalue weighted by atomic mass is 16.6. The summed E-state index contributed by atoms with van der Waals surface area (Å²) in [6.07, 6.45) is 2.52. The van der Waals surface area contributed by atoms with Gasteiger partial charge in [-0.2, -0.15) is 0 Å². The van der Waals surface area contributed by atoms with Gasteiger partial charge in [0.15, 0.2) is 0 Å². The molecule has 0 aliphatic heterocycles. The number of benzene rings is 1. The van der Waals surface area contributed by atoms with E-state index in [1.807, 2.05) is 19.9 Å². The molecule has 0 bridgehead atoms. The molecule has 0 saturated heterocycles. The van der Waals surface area contributed by atoms with Crippen LogP contribution in [-0.4, -0.2) is 9.49 Å². The van der Waals surface area contributed by atoms with Crippen LogP contribution < -0.4 is 0 Å². The predicted octanol–water partition coefficient (Wildman–Crippen LogP) is 3.96. The third-order valence-corrected chi connectivity index (χ3v) is 3.59. The number of aryl methyl sites for hydroxylation is 3. The van der Waals surface area contributed by atoms with E-state index in [0.717, 1.165) is 28.8 Å². The van der Waals surface area contributed by atoms with E-state index in [-0.39, 0.29) is 0 Å². The smallest absolute Gasteiger partial charge is 0.235 e. The Morgan fingerprint density at radius 1 is 1.10 bits per heavy atom. The van der Waals surface area contributed by atoms with Crippen LogP contribution in [0.4, 0.5) is 0 Å². The first-order chi connectivity index (χ1) is 9.40. The van der Waals surface area contributed by atoms with Gasteiger partial charge in [-0.15, -0.1) is 0 Å². The Morgan fingerprint density at radius 3 is 2.40 bits per heavy atom. The molecule has 0 aliphatic carbocycles. The summed E-state index contributed by atoms with van der Waals surface area (Å²) < 4.78 is 2.12.